The fourth-order valence-electron chi connectivity index (χ4n) is 2.13. The number of rotatable bonds is 2. The quantitative estimate of drug-likeness (QED) is 0.594. The molecule has 13 heavy (non-hydrogen) atoms. The van der Waals surface area contributed by atoms with Crippen LogP contribution < -0.4 is 0 Å². The second-order valence-electron chi connectivity index (χ2n) is 4.53. The first-order chi connectivity index (χ1) is 6.25. The molecule has 0 aliphatic carbocycles. The Morgan fingerprint density at radius 1 is 1.00 bits per heavy atom. The van der Waals surface area contributed by atoms with Crippen LogP contribution in [-0.2, 0) is 0 Å². The summed E-state index contributed by atoms with van der Waals surface area (Å²) < 4.78 is 0. The van der Waals surface area contributed by atoms with Crippen LogP contribution in [0.1, 0.15) is 6.42 Å². The van der Waals surface area contributed by atoms with Crippen molar-refractivity contribution in [3.05, 3.63) is 0 Å². The predicted molar refractivity (Wildman–Crippen MR) is 55.0 cm³/mol. The van der Waals surface area contributed by atoms with Gasteiger partial charge in [0.1, 0.15) is 0 Å². The monoisotopic (exact) mass is 183 g/mol. The molecular formula is C10H21N3. The number of likely N-dealkylation sites (N-methyl/N-ethyl adjacent to an activating group) is 2. The molecule has 0 bridgehead atoms. The molecule has 0 saturated carbocycles. The summed E-state index contributed by atoms with van der Waals surface area (Å²) in [6, 6.07) is 0.850. The molecule has 2 aliphatic rings. The summed E-state index contributed by atoms with van der Waals surface area (Å²) in [6.07, 6.45) is 1.41. The summed E-state index contributed by atoms with van der Waals surface area (Å²) in [4.78, 5) is 7.50. The van der Waals surface area contributed by atoms with Gasteiger partial charge in [-0.1, -0.05) is 0 Å². The van der Waals surface area contributed by atoms with Gasteiger partial charge in [-0.25, -0.2) is 0 Å². The van der Waals surface area contributed by atoms with E-state index in [1.165, 1.54) is 45.7 Å². The molecule has 2 saturated heterocycles. The van der Waals surface area contributed by atoms with Crippen LogP contribution in [0.25, 0.3) is 0 Å². The maximum atomic E-state index is 2.61. The van der Waals surface area contributed by atoms with Gasteiger partial charge in [0.2, 0.25) is 0 Å². The number of piperazine rings is 1. The first-order valence-electron chi connectivity index (χ1n) is 5.37. The molecule has 2 heterocycles. The largest absolute Gasteiger partial charge is 0.304 e. The molecule has 0 aromatic carbocycles. The molecule has 2 rings (SSSR count). The van der Waals surface area contributed by atoms with Crippen molar-refractivity contribution in [1.29, 1.82) is 0 Å². The molecule has 1 unspecified atom stereocenters. The van der Waals surface area contributed by atoms with Gasteiger partial charge in [-0.15, -0.1) is 0 Å². The van der Waals surface area contributed by atoms with Gasteiger partial charge in [0.05, 0.1) is 0 Å². The van der Waals surface area contributed by atoms with Crippen molar-refractivity contribution in [3.8, 4) is 0 Å². The molecule has 0 spiro atoms. The van der Waals surface area contributed by atoms with Crippen molar-refractivity contribution in [3.63, 3.8) is 0 Å². The van der Waals surface area contributed by atoms with Crippen LogP contribution in [0.2, 0.25) is 0 Å². The minimum atomic E-state index is 0.850. The molecule has 0 amide bonds. The van der Waals surface area contributed by atoms with E-state index in [0.29, 0.717) is 0 Å². The predicted octanol–water partition coefficient (Wildman–Crippen LogP) is -0.0621. The number of hydrogen-bond acceptors (Lipinski definition) is 3. The van der Waals surface area contributed by atoms with Gasteiger partial charge in [-0.05, 0) is 27.1 Å². The average molecular weight is 183 g/mol. The molecule has 0 radical (unpaired) electrons. The second kappa shape index (κ2) is 3.95. The van der Waals surface area contributed by atoms with E-state index in [9.17, 15) is 0 Å². The Kier molecular flexibility index (Phi) is 2.86. The van der Waals surface area contributed by atoms with Crippen LogP contribution in [0.4, 0.5) is 0 Å². The number of hydrogen-bond donors (Lipinski definition) is 0. The summed E-state index contributed by atoms with van der Waals surface area (Å²) in [5.41, 5.74) is 0. The van der Waals surface area contributed by atoms with Crippen molar-refractivity contribution in [2.75, 3.05) is 53.4 Å². The Morgan fingerprint density at radius 2 is 1.69 bits per heavy atom. The van der Waals surface area contributed by atoms with Gasteiger partial charge in [0.25, 0.3) is 0 Å². The summed E-state index contributed by atoms with van der Waals surface area (Å²) >= 11 is 0. The molecule has 0 aromatic rings. The minimum absolute atomic E-state index is 0.850. The Bertz CT molecular complexity index is 164. The molecule has 2 aliphatic heterocycles. The zero-order valence-electron chi connectivity index (χ0n) is 8.87. The van der Waals surface area contributed by atoms with Gasteiger partial charge < -0.3 is 9.80 Å². The molecule has 3 nitrogen and oxygen atoms in total. The van der Waals surface area contributed by atoms with Gasteiger partial charge in [-0.2, -0.15) is 0 Å². The first-order valence-corrected chi connectivity index (χ1v) is 5.37. The molecule has 76 valence electrons. The van der Waals surface area contributed by atoms with E-state index in [2.05, 4.69) is 28.8 Å². The second-order valence-corrected chi connectivity index (χ2v) is 4.53. The van der Waals surface area contributed by atoms with E-state index in [1.54, 1.807) is 0 Å². The van der Waals surface area contributed by atoms with Crippen molar-refractivity contribution in [2.24, 2.45) is 0 Å². The third-order valence-corrected chi connectivity index (χ3v) is 3.50. The SMILES string of the molecule is CN1CCN(CC2CCN2C)CC1. The van der Waals surface area contributed by atoms with E-state index in [0.717, 1.165) is 6.04 Å². The Balaban J connectivity index is 1.70. The van der Waals surface area contributed by atoms with E-state index in [4.69, 9.17) is 0 Å². The van der Waals surface area contributed by atoms with Crippen molar-refractivity contribution < 1.29 is 0 Å². The normalized spacial score (nSPS) is 33.2. The van der Waals surface area contributed by atoms with Crippen LogP contribution >= 0.6 is 0 Å². The van der Waals surface area contributed by atoms with Crippen molar-refractivity contribution in [1.82, 2.24) is 14.7 Å². The number of likely N-dealkylation sites (tertiary alicyclic amines) is 1. The summed E-state index contributed by atoms with van der Waals surface area (Å²) in [6.45, 7) is 7.62. The zero-order chi connectivity index (χ0) is 9.26. The third kappa shape index (κ3) is 2.22. The topological polar surface area (TPSA) is 9.72 Å². The fourth-order valence-corrected chi connectivity index (χ4v) is 2.13. The molecule has 3 heteroatoms. The summed E-state index contributed by atoms with van der Waals surface area (Å²) in [5, 5.41) is 0. The third-order valence-electron chi connectivity index (χ3n) is 3.50. The van der Waals surface area contributed by atoms with E-state index >= 15 is 0 Å². The highest BCUT2D eigenvalue weighted by Gasteiger charge is 2.26. The Morgan fingerprint density at radius 3 is 2.15 bits per heavy atom. The lowest BCUT2D eigenvalue weighted by Gasteiger charge is -2.42. The highest BCUT2D eigenvalue weighted by atomic mass is 15.3. The van der Waals surface area contributed by atoms with Crippen LogP contribution in [0.15, 0.2) is 0 Å². The lowest BCUT2D eigenvalue weighted by molar-refractivity contribution is 0.0611. The zero-order valence-corrected chi connectivity index (χ0v) is 8.87. The van der Waals surface area contributed by atoms with Crippen LogP contribution in [0.3, 0.4) is 0 Å². The molecule has 0 aromatic heterocycles. The van der Waals surface area contributed by atoms with Gasteiger partial charge in [-0.3, -0.25) is 4.90 Å². The van der Waals surface area contributed by atoms with Gasteiger partial charge in [0.15, 0.2) is 0 Å². The Hall–Kier alpha value is -0.120. The summed E-state index contributed by atoms with van der Waals surface area (Å²) in [7, 11) is 4.46. The minimum Gasteiger partial charge on any atom is -0.304 e. The standard InChI is InChI=1S/C10H21N3/c1-11-5-7-13(8-6-11)9-10-3-4-12(10)2/h10H,3-9H2,1-2H3. The summed E-state index contributed by atoms with van der Waals surface area (Å²) in [5.74, 6) is 0. The highest BCUT2D eigenvalue weighted by Crippen LogP contribution is 2.16. The van der Waals surface area contributed by atoms with E-state index in [1.807, 2.05) is 0 Å². The van der Waals surface area contributed by atoms with E-state index in [-0.39, 0.29) is 0 Å². The maximum Gasteiger partial charge on any atom is 0.0232 e. The molecule has 0 N–H and O–H groups in total. The smallest absolute Gasteiger partial charge is 0.0232 e. The van der Waals surface area contributed by atoms with Crippen molar-refractivity contribution in [2.45, 2.75) is 12.5 Å². The lowest BCUT2D eigenvalue weighted by Crippen LogP contribution is -2.54. The highest BCUT2D eigenvalue weighted by molar-refractivity contribution is 4.84. The van der Waals surface area contributed by atoms with Crippen LogP contribution in [0.5, 0.6) is 0 Å². The molecule has 2 fully saturated rings. The van der Waals surface area contributed by atoms with Gasteiger partial charge in [0, 0.05) is 38.8 Å². The number of nitrogens with zero attached hydrogens (tertiary/aromatic N) is 3. The lowest BCUT2D eigenvalue weighted by atomic mass is 10.0. The molecule has 1 atom stereocenters. The maximum absolute atomic E-state index is 2.61. The fraction of sp³-hybridized carbons (Fsp3) is 1.00. The average Bonchev–Trinajstić information content (AvgIpc) is 2.15. The van der Waals surface area contributed by atoms with E-state index < -0.39 is 0 Å². The van der Waals surface area contributed by atoms with Gasteiger partial charge >= 0.3 is 0 Å². The van der Waals surface area contributed by atoms with Crippen LogP contribution in [0, 0.1) is 0 Å². The molecular weight excluding hydrogens is 162 g/mol. The first kappa shape index (κ1) is 9.44. The Labute approximate surface area is 81.3 Å². The van der Waals surface area contributed by atoms with Crippen LogP contribution in [-0.4, -0.2) is 74.1 Å². The van der Waals surface area contributed by atoms with Crippen molar-refractivity contribution >= 4 is 0 Å².